The second-order valence-corrected chi connectivity index (χ2v) is 2.23. The van der Waals surface area contributed by atoms with Crippen molar-refractivity contribution in [3.63, 3.8) is 0 Å². The first-order valence-corrected chi connectivity index (χ1v) is 3.13. The number of nitrogen functional groups attached to an aromatic ring is 2. The van der Waals surface area contributed by atoms with Crippen LogP contribution in [0.2, 0.25) is 0 Å². The van der Waals surface area contributed by atoms with Gasteiger partial charge in [-0.1, -0.05) is 0 Å². The zero-order valence-corrected chi connectivity index (χ0v) is 5.70. The minimum absolute atomic E-state index is 0.382. The van der Waals surface area contributed by atoms with Gasteiger partial charge in [0.05, 0.1) is 5.69 Å². The quantitative estimate of drug-likeness (QED) is 0.496. The molecule has 0 aromatic carbocycles. The molecule has 0 aliphatic rings. The molecule has 5 N–H and O–H groups in total. The highest BCUT2D eigenvalue weighted by Crippen LogP contribution is 2.19. The van der Waals surface area contributed by atoms with Crippen molar-refractivity contribution in [3.8, 4) is 0 Å². The van der Waals surface area contributed by atoms with Crippen molar-refractivity contribution >= 4 is 22.5 Å². The molecule has 0 aliphatic heterocycles. The molecule has 5 nitrogen and oxygen atoms in total. The highest BCUT2D eigenvalue weighted by Gasteiger charge is 2.03. The third kappa shape index (κ3) is 0.706. The third-order valence-electron chi connectivity index (χ3n) is 1.51. The van der Waals surface area contributed by atoms with E-state index in [1.807, 2.05) is 0 Å². The lowest BCUT2D eigenvalue weighted by Gasteiger charge is -1.91. The summed E-state index contributed by atoms with van der Waals surface area (Å²) in [5, 5.41) is 6.46. The van der Waals surface area contributed by atoms with Crippen LogP contribution in [0.15, 0.2) is 12.3 Å². The van der Waals surface area contributed by atoms with Crippen LogP contribution in [-0.4, -0.2) is 15.2 Å². The van der Waals surface area contributed by atoms with Crippen LogP contribution in [0.1, 0.15) is 0 Å². The Hall–Kier alpha value is -1.78. The van der Waals surface area contributed by atoms with Gasteiger partial charge in [0.2, 0.25) is 0 Å². The van der Waals surface area contributed by atoms with E-state index in [4.69, 9.17) is 11.5 Å². The highest BCUT2D eigenvalue weighted by atomic mass is 15.2. The molecular formula is C6H7N5. The van der Waals surface area contributed by atoms with Gasteiger partial charge in [-0.15, -0.1) is 0 Å². The molecule has 11 heavy (non-hydrogen) atoms. The summed E-state index contributed by atoms with van der Waals surface area (Å²) in [7, 11) is 0. The van der Waals surface area contributed by atoms with Crippen molar-refractivity contribution in [2.24, 2.45) is 0 Å². The van der Waals surface area contributed by atoms with Crippen LogP contribution >= 0.6 is 0 Å². The average molecular weight is 149 g/mol. The minimum atomic E-state index is 0.382. The van der Waals surface area contributed by atoms with E-state index < -0.39 is 0 Å². The molecule has 5 heteroatoms. The Labute approximate surface area is 62.4 Å². The zero-order valence-electron chi connectivity index (χ0n) is 5.70. The van der Waals surface area contributed by atoms with Gasteiger partial charge >= 0.3 is 0 Å². The first-order valence-electron chi connectivity index (χ1n) is 3.13. The van der Waals surface area contributed by atoms with Crippen molar-refractivity contribution in [2.45, 2.75) is 0 Å². The molecular weight excluding hydrogens is 142 g/mol. The maximum absolute atomic E-state index is 5.60. The smallest absolute Gasteiger partial charge is 0.171 e. The predicted octanol–water partition coefficient (Wildman–Crippen LogP) is 0.122. The zero-order chi connectivity index (χ0) is 7.84. The van der Waals surface area contributed by atoms with E-state index in [9.17, 15) is 0 Å². The first kappa shape index (κ1) is 5.96. The van der Waals surface area contributed by atoms with Gasteiger partial charge in [0, 0.05) is 6.20 Å². The van der Waals surface area contributed by atoms with Gasteiger partial charge in [-0.25, -0.2) is 0 Å². The molecule has 2 heterocycles. The lowest BCUT2D eigenvalue weighted by molar-refractivity contribution is 1.13. The monoisotopic (exact) mass is 149 g/mol. The second kappa shape index (κ2) is 1.85. The molecule has 2 aromatic heterocycles. The maximum Gasteiger partial charge on any atom is 0.171 e. The number of H-pyrrole nitrogens is 1. The van der Waals surface area contributed by atoms with E-state index in [0.717, 1.165) is 0 Å². The summed E-state index contributed by atoms with van der Waals surface area (Å²) >= 11 is 0. The van der Waals surface area contributed by atoms with Crippen LogP contribution < -0.4 is 11.5 Å². The average Bonchev–Trinajstić information content (AvgIpc) is 2.35. The minimum Gasteiger partial charge on any atom is -0.397 e. The van der Waals surface area contributed by atoms with E-state index in [0.29, 0.717) is 22.5 Å². The predicted molar refractivity (Wildman–Crippen MR) is 42.7 cm³/mol. The summed E-state index contributed by atoms with van der Waals surface area (Å²) in [5.74, 6) is 0.382. The molecule has 0 spiro atoms. The summed E-state index contributed by atoms with van der Waals surface area (Å²) in [6, 6.07) is 1.69. The molecule has 0 amide bonds. The van der Waals surface area contributed by atoms with Crippen LogP contribution in [0.3, 0.4) is 0 Å². The number of fused-ring (bicyclic) bond motifs is 1. The van der Waals surface area contributed by atoms with Crippen LogP contribution in [0.4, 0.5) is 11.5 Å². The number of hydrogen-bond acceptors (Lipinski definition) is 4. The fourth-order valence-corrected chi connectivity index (χ4v) is 0.957. The molecule has 2 aromatic rings. The fraction of sp³-hybridized carbons (Fsp3) is 0. The molecule has 0 bridgehead atoms. The third-order valence-corrected chi connectivity index (χ3v) is 1.51. The Morgan fingerprint density at radius 1 is 1.36 bits per heavy atom. The molecule has 56 valence electrons. The van der Waals surface area contributed by atoms with Crippen LogP contribution in [-0.2, 0) is 0 Å². The number of nitrogens with one attached hydrogen (secondary N) is 1. The Balaban J connectivity index is 2.94. The van der Waals surface area contributed by atoms with Crippen LogP contribution in [0, 0.1) is 0 Å². The van der Waals surface area contributed by atoms with Crippen molar-refractivity contribution in [1.29, 1.82) is 0 Å². The summed E-state index contributed by atoms with van der Waals surface area (Å²) in [4.78, 5) is 4.00. The summed E-state index contributed by atoms with van der Waals surface area (Å²) < 4.78 is 0. The molecule has 0 saturated heterocycles. The summed E-state index contributed by atoms with van der Waals surface area (Å²) in [5.41, 5.74) is 13.0. The van der Waals surface area contributed by atoms with Gasteiger partial charge in [-0.2, -0.15) is 5.10 Å². The van der Waals surface area contributed by atoms with E-state index in [1.54, 1.807) is 12.3 Å². The molecule has 0 aliphatic carbocycles. The second-order valence-electron chi connectivity index (χ2n) is 2.23. The van der Waals surface area contributed by atoms with Crippen molar-refractivity contribution in [1.82, 2.24) is 15.2 Å². The molecule has 2 rings (SSSR count). The van der Waals surface area contributed by atoms with E-state index in [1.165, 1.54) is 0 Å². The van der Waals surface area contributed by atoms with E-state index >= 15 is 0 Å². The van der Waals surface area contributed by atoms with Gasteiger partial charge in [-0.3, -0.25) is 10.1 Å². The lowest BCUT2D eigenvalue weighted by Crippen LogP contribution is -1.88. The number of nitrogens with zero attached hydrogens (tertiary/aromatic N) is 2. The SMILES string of the molecule is Nc1n[nH]c2c(N)ccnc12. The molecule has 0 atom stereocenters. The van der Waals surface area contributed by atoms with Gasteiger partial charge in [0.25, 0.3) is 0 Å². The summed E-state index contributed by atoms with van der Waals surface area (Å²) in [6.07, 6.45) is 1.60. The number of aromatic amines is 1. The Kier molecular flexibility index (Phi) is 1.00. The number of aromatic nitrogens is 3. The van der Waals surface area contributed by atoms with E-state index in [2.05, 4.69) is 15.2 Å². The number of hydrogen-bond donors (Lipinski definition) is 3. The van der Waals surface area contributed by atoms with Crippen molar-refractivity contribution < 1.29 is 0 Å². The maximum atomic E-state index is 5.60. The summed E-state index contributed by atoms with van der Waals surface area (Å²) in [6.45, 7) is 0. The van der Waals surface area contributed by atoms with Crippen LogP contribution in [0.5, 0.6) is 0 Å². The first-order chi connectivity index (χ1) is 5.29. The normalized spacial score (nSPS) is 10.5. The van der Waals surface area contributed by atoms with Crippen molar-refractivity contribution in [3.05, 3.63) is 12.3 Å². The van der Waals surface area contributed by atoms with Gasteiger partial charge < -0.3 is 11.5 Å². The Morgan fingerprint density at radius 2 is 2.18 bits per heavy atom. The van der Waals surface area contributed by atoms with Crippen molar-refractivity contribution in [2.75, 3.05) is 11.5 Å². The number of pyridine rings is 1. The molecule has 0 fully saturated rings. The number of anilines is 2. The molecule has 0 saturated carbocycles. The fourth-order valence-electron chi connectivity index (χ4n) is 0.957. The molecule has 0 unspecified atom stereocenters. The Bertz CT molecular complexity index is 391. The largest absolute Gasteiger partial charge is 0.397 e. The van der Waals surface area contributed by atoms with Gasteiger partial charge in [-0.05, 0) is 6.07 Å². The standard InChI is InChI=1S/C6H7N5/c7-3-1-2-9-5-4(3)10-11-6(5)8/h1-2H,(H2,7,9)(H3,8,10,11). The van der Waals surface area contributed by atoms with Gasteiger partial charge in [0.1, 0.15) is 11.0 Å². The Morgan fingerprint density at radius 3 is 2.91 bits per heavy atom. The van der Waals surface area contributed by atoms with E-state index in [-0.39, 0.29) is 0 Å². The highest BCUT2D eigenvalue weighted by molar-refractivity contribution is 5.92. The van der Waals surface area contributed by atoms with Crippen LogP contribution in [0.25, 0.3) is 11.0 Å². The number of nitrogens with two attached hydrogens (primary N) is 2. The number of rotatable bonds is 0. The topological polar surface area (TPSA) is 93.6 Å². The lowest BCUT2D eigenvalue weighted by atomic mass is 10.3. The molecule has 0 radical (unpaired) electrons. The van der Waals surface area contributed by atoms with Gasteiger partial charge in [0.15, 0.2) is 5.82 Å².